The predicted octanol–water partition coefficient (Wildman–Crippen LogP) is 4.08. The number of imidazole rings is 1. The Labute approximate surface area is 173 Å². The third-order valence-electron chi connectivity index (χ3n) is 5.07. The second-order valence-corrected chi connectivity index (χ2v) is 8.44. The van der Waals surface area contributed by atoms with Crippen molar-refractivity contribution in [3.05, 3.63) is 65.5 Å². The van der Waals surface area contributed by atoms with Gasteiger partial charge in [0.15, 0.2) is 0 Å². The van der Waals surface area contributed by atoms with Gasteiger partial charge in [-0.3, -0.25) is 4.79 Å². The van der Waals surface area contributed by atoms with E-state index in [2.05, 4.69) is 73.1 Å². The third-order valence-corrected chi connectivity index (χ3v) is 5.07. The molecule has 5 heteroatoms. The number of amides is 1. The lowest BCUT2D eigenvalue weighted by molar-refractivity contribution is -0.124. The van der Waals surface area contributed by atoms with Crippen molar-refractivity contribution in [2.24, 2.45) is 0 Å². The van der Waals surface area contributed by atoms with E-state index < -0.39 is 0 Å². The minimum atomic E-state index is -0.0834. The van der Waals surface area contributed by atoms with Crippen LogP contribution in [0.3, 0.4) is 0 Å². The van der Waals surface area contributed by atoms with Crippen LogP contribution in [0.1, 0.15) is 44.1 Å². The van der Waals surface area contributed by atoms with Crippen LogP contribution in [0.2, 0.25) is 0 Å². The first-order chi connectivity index (χ1) is 13.9. The molecule has 0 unspecified atom stereocenters. The van der Waals surface area contributed by atoms with E-state index in [1.165, 1.54) is 18.2 Å². The van der Waals surface area contributed by atoms with Gasteiger partial charge in [-0.05, 0) is 35.1 Å². The molecule has 1 amide bonds. The molecule has 0 saturated heterocycles. The highest BCUT2D eigenvalue weighted by Gasteiger charge is 2.14. The fourth-order valence-corrected chi connectivity index (χ4v) is 3.44. The third kappa shape index (κ3) is 5.45. The summed E-state index contributed by atoms with van der Waals surface area (Å²) in [5, 5.41) is 2.88. The lowest BCUT2D eigenvalue weighted by atomic mass is 9.87. The number of hydrogen-bond donors (Lipinski definition) is 1. The first-order valence-corrected chi connectivity index (χ1v) is 10.2. The number of carbonyl (C=O) groups is 1. The second-order valence-electron chi connectivity index (χ2n) is 8.44. The van der Waals surface area contributed by atoms with Crippen molar-refractivity contribution in [2.45, 2.75) is 45.6 Å². The zero-order valence-electron chi connectivity index (χ0n) is 17.9. The van der Waals surface area contributed by atoms with Crippen LogP contribution in [0.25, 0.3) is 11.0 Å². The van der Waals surface area contributed by atoms with Crippen molar-refractivity contribution >= 4 is 16.9 Å². The van der Waals surface area contributed by atoms with Gasteiger partial charge >= 0.3 is 0 Å². The van der Waals surface area contributed by atoms with Gasteiger partial charge in [-0.25, -0.2) is 4.98 Å². The molecule has 0 aliphatic rings. The molecule has 0 bridgehead atoms. The molecule has 1 aromatic heterocycles. The molecule has 3 rings (SSSR count). The Morgan fingerprint density at radius 3 is 2.52 bits per heavy atom. The number of para-hydroxylation sites is 2. The van der Waals surface area contributed by atoms with Crippen molar-refractivity contribution in [1.29, 1.82) is 0 Å². The second kappa shape index (κ2) is 9.23. The molecular formula is C24H31N3O2. The number of benzene rings is 2. The number of rotatable bonds is 8. The van der Waals surface area contributed by atoms with Gasteiger partial charge in [-0.2, -0.15) is 0 Å². The van der Waals surface area contributed by atoms with E-state index in [0.717, 1.165) is 36.2 Å². The normalized spacial score (nSPS) is 11.7. The standard InChI is InChI=1S/C24H31N3O2/c1-24(2,3)19-13-11-18(12-14-19)16-27-21-9-6-5-8-20(21)26-22(27)10-7-15-25-23(28)17-29-4/h5-6,8-9,11-14H,7,10,15-17H2,1-4H3,(H,25,28). The summed E-state index contributed by atoms with van der Waals surface area (Å²) in [5.74, 6) is 0.965. The average molecular weight is 394 g/mol. The van der Waals surface area contributed by atoms with E-state index in [-0.39, 0.29) is 17.9 Å². The molecular weight excluding hydrogens is 362 g/mol. The molecule has 0 saturated carbocycles. The highest BCUT2D eigenvalue weighted by molar-refractivity contribution is 5.77. The van der Waals surface area contributed by atoms with Gasteiger partial charge in [0.1, 0.15) is 12.4 Å². The smallest absolute Gasteiger partial charge is 0.245 e. The highest BCUT2D eigenvalue weighted by Crippen LogP contribution is 2.24. The number of fused-ring (bicyclic) bond motifs is 1. The number of aromatic nitrogens is 2. The summed E-state index contributed by atoms with van der Waals surface area (Å²) in [5.41, 5.74) is 4.90. The van der Waals surface area contributed by atoms with Crippen LogP contribution >= 0.6 is 0 Å². The molecule has 0 aliphatic heterocycles. The molecule has 1 N–H and O–H groups in total. The van der Waals surface area contributed by atoms with E-state index in [1.54, 1.807) is 0 Å². The van der Waals surface area contributed by atoms with Crippen LogP contribution in [0.5, 0.6) is 0 Å². The Balaban J connectivity index is 1.75. The Morgan fingerprint density at radius 1 is 1.10 bits per heavy atom. The summed E-state index contributed by atoms with van der Waals surface area (Å²) >= 11 is 0. The molecule has 0 spiro atoms. The van der Waals surface area contributed by atoms with Crippen LogP contribution in [0.4, 0.5) is 0 Å². The van der Waals surface area contributed by atoms with Crippen molar-refractivity contribution in [3.63, 3.8) is 0 Å². The summed E-state index contributed by atoms with van der Waals surface area (Å²) in [6, 6.07) is 17.1. The largest absolute Gasteiger partial charge is 0.375 e. The minimum Gasteiger partial charge on any atom is -0.375 e. The monoisotopic (exact) mass is 393 g/mol. The maximum Gasteiger partial charge on any atom is 0.245 e. The Kier molecular flexibility index (Phi) is 6.70. The molecule has 5 nitrogen and oxygen atoms in total. The number of hydrogen-bond acceptors (Lipinski definition) is 3. The van der Waals surface area contributed by atoms with Crippen LogP contribution in [-0.2, 0) is 27.9 Å². The number of aryl methyl sites for hydroxylation is 1. The molecule has 0 atom stereocenters. The number of nitrogens with one attached hydrogen (secondary N) is 1. The van der Waals surface area contributed by atoms with Gasteiger partial charge in [0.2, 0.25) is 5.91 Å². The Hall–Kier alpha value is -2.66. The van der Waals surface area contributed by atoms with Gasteiger partial charge in [0, 0.05) is 26.6 Å². The molecule has 154 valence electrons. The first kappa shape index (κ1) is 21.1. The van der Waals surface area contributed by atoms with Crippen molar-refractivity contribution in [3.8, 4) is 0 Å². The van der Waals surface area contributed by atoms with Gasteiger partial charge in [0.05, 0.1) is 11.0 Å². The minimum absolute atomic E-state index is 0.0834. The van der Waals surface area contributed by atoms with Gasteiger partial charge in [-0.15, -0.1) is 0 Å². The molecule has 0 fully saturated rings. The summed E-state index contributed by atoms with van der Waals surface area (Å²) in [6.07, 6.45) is 1.64. The van der Waals surface area contributed by atoms with E-state index in [1.807, 2.05) is 6.07 Å². The van der Waals surface area contributed by atoms with Gasteiger partial charge in [0.25, 0.3) is 0 Å². The molecule has 2 aromatic carbocycles. The average Bonchev–Trinajstić information content (AvgIpc) is 3.03. The van der Waals surface area contributed by atoms with E-state index in [9.17, 15) is 4.79 Å². The Bertz CT molecular complexity index is 952. The fourth-order valence-electron chi connectivity index (χ4n) is 3.44. The summed E-state index contributed by atoms with van der Waals surface area (Å²) in [7, 11) is 1.52. The summed E-state index contributed by atoms with van der Waals surface area (Å²) < 4.78 is 7.14. The highest BCUT2D eigenvalue weighted by atomic mass is 16.5. The van der Waals surface area contributed by atoms with Crippen molar-refractivity contribution in [2.75, 3.05) is 20.3 Å². The SMILES string of the molecule is COCC(=O)NCCCc1nc2ccccc2n1Cc1ccc(C(C)(C)C)cc1. The number of nitrogens with zero attached hydrogens (tertiary/aromatic N) is 2. The van der Waals surface area contributed by atoms with E-state index in [0.29, 0.717) is 6.54 Å². The summed E-state index contributed by atoms with van der Waals surface area (Å²) in [6.45, 7) is 8.20. The van der Waals surface area contributed by atoms with Crippen LogP contribution in [0.15, 0.2) is 48.5 Å². The molecule has 1 heterocycles. The van der Waals surface area contributed by atoms with Crippen molar-refractivity contribution < 1.29 is 9.53 Å². The molecule has 3 aromatic rings. The van der Waals surface area contributed by atoms with Crippen LogP contribution < -0.4 is 5.32 Å². The van der Waals surface area contributed by atoms with Gasteiger partial charge in [-0.1, -0.05) is 57.2 Å². The lowest BCUT2D eigenvalue weighted by Crippen LogP contribution is -2.28. The van der Waals surface area contributed by atoms with Gasteiger partial charge < -0.3 is 14.6 Å². The van der Waals surface area contributed by atoms with Crippen molar-refractivity contribution in [1.82, 2.24) is 14.9 Å². The maximum atomic E-state index is 11.5. The zero-order valence-corrected chi connectivity index (χ0v) is 17.9. The van der Waals surface area contributed by atoms with Crippen LogP contribution in [-0.4, -0.2) is 35.7 Å². The van der Waals surface area contributed by atoms with E-state index >= 15 is 0 Å². The number of carbonyl (C=O) groups excluding carboxylic acids is 1. The van der Waals surface area contributed by atoms with E-state index in [4.69, 9.17) is 9.72 Å². The molecule has 0 radical (unpaired) electrons. The predicted molar refractivity (Wildman–Crippen MR) is 117 cm³/mol. The lowest BCUT2D eigenvalue weighted by Gasteiger charge is -2.19. The zero-order chi connectivity index (χ0) is 20.9. The topological polar surface area (TPSA) is 56.1 Å². The summed E-state index contributed by atoms with van der Waals surface area (Å²) in [4.78, 5) is 16.4. The first-order valence-electron chi connectivity index (χ1n) is 10.2. The number of methoxy groups -OCH3 is 1. The molecule has 0 aliphatic carbocycles. The quantitative estimate of drug-likeness (QED) is 0.587. The fraction of sp³-hybridized carbons (Fsp3) is 0.417. The Morgan fingerprint density at radius 2 is 1.83 bits per heavy atom. The van der Waals surface area contributed by atoms with Crippen LogP contribution in [0, 0.1) is 0 Å². The maximum absolute atomic E-state index is 11.5. The molecule has 29 heavy (non-hydrogen) atoms. The number of ether oxygens (including phenoxy) is 1.